The highest BCUT2D eigenvalue weighted by atomic mass is 16.7. The Bertz CT molecular complexity index is 352. The molecule has 0 aromatic rings. The Morgan fingerprint density at radius 2 is 1.12 bits per heavy atom. The average Bonchev–Trinajstić information content (AvgIpc) is 2.48. The normalized spacial score (nSPS) is 9.88. The summed E-state index contributed by atoms with van der Waals surface area (Å²) in [4.78, 5) is 27.8. The van der Waals surface area contributed by atoms with Gasteiger partial charge in [0.05, 0.1) is 0 Å². The number of carboxylic acid groups (broad SMARTS) is 3. The molecule has 0 spiro atoms. The second kappa shape index (κ2) is 18.5. The first-order chi connectivity index (χ1) is 10.8. The summed E-state index contributed by atoms with van der Waals surface area (Å²) in [5.74, 6) is -5.66. The van der Waals surface area contributed by atoms with Crippen LogP contribution in [0.5, 0.6) is 0 Å². The van der Waals surface area contributed by atoms with E-state index in [1.165, 1.54) is 6.92 Å². The van der Waals surface area contributed by atoms with Gasteiger partial charge in [-0.2, -0.15) is 0 Å². The molecular formula is C14H24O10. The van der Waals surface area contributed by atoms with Crippen LogP contribution in [0.25, 0.3) is 0 Å². The third-order valence-electron chi connectivity index (χ3n) is 1.49. The van der Waals surface area contributed by atoms with Gasteiger partial charge in [0.2, 0.25) is 0 Å². The molecule has 0 bridgehead atoms. The maximum Gasteiger partial charge on any atom is 0.327 e. The topological polar surface area (TPSA) is 182 Å². The summed E-state index contributed by atoms with van der Waals surface area (Å²) in [6, 6.07) is 0. The van der Waals surface area contributed by atoms with Crippen LogP contribution in [0, 0.1) is 0 Å². The molecule has 0 fully saturated rings. The van der Waals surface area contributed by atoms with E-state index < -0.39 is 30.0 Å². The molecule has 0 aliphatic heterocycles. The number of carboxylic acids is 3. The van der Waals surface area contributed by atoms with E-state index in [-0.39, 0.29) is 0 Å². The van der Waals surface area contributed by atoms with Crippen molar-refractivity contribution in [2.24, 2.45) is 0 Å². The molecule has 140 valence electrons. The van der Waals surface area contributed by atoms with Crippen LogP contribution in [0.4, 0.5) is 0 Å². The summed E-state index contributed by atoms with van der Waals surface area (Å²) in [6.45, 7) is 12.3. The van der Waals surface area contributed by atoms with Crippen LogP contribution in [0.1, 0.15) is 13.8 Å². The number of rotatable bonds is 6. The fraction of sp³-hybridized carbons (Fsp3) is 0.357. The lowest BCUT2D eigenvalue weighted by atomic mass is 10.3. The molecule has 1 unspecified atom stereocenters. The van der Waals surface area contributed by atoms with Crippen LogP contribution in [0.2, 0.25) is 0 Å². The van der Waals surface area contributed by atoms with Crippen molar-refractivity contribution in [2.75, 3.05) is 6.61 Å². The highest BCUT2D eigenvalue weighted by Gasteiger charge is 2.27. The van der Waals surface area contributed by atoms with Gasteiger partial charge in [-0.1, -0.05) is 19.7 Å². The quantitative estimate of drug-likeness (QED) is 0.277. The SMILES string of the molecule is C=CC(=O)O.C=CC(=O)O.C=CC(=O)O.CCOC(C)C(O)(O)O. The fourth-order valence-electron chi connectivity index (χ4n) is 0.362. The number of aliphatic hydroxyl groups is 3. The zero-order chi connectivity index (χ0) is 20.3. The predicted octanol–water partition coefficient (Wildman–Crippen LogP) is -0.187. The van der Waals surface area contributed by atoms with E-state index in [2.05, 4.69) is 24.5 Å². The van der Waals surface area contributed by atoms with Crippen molar-refractivity contribution in [3.63, 3.8) is 0 Å². The minimum atomic E-state index is -2.71. The Kier molecular flexibility index (Phi) is 22.7. The maximum absolute atomic E-state index is 9.25. The van der Waals surface area contributed by atoms with Crippen LogP contribution < -0.4 is 0 Å². The molecule has 1 atom stereocenters. The standard InChI is InChI=1S/C5H12O4.3C3H4O2/c1-3-9-4(2)5(6,7)8;3*1-2-3(4)5/h4,6-8H,3H2,1-2H3;3*2H,1H2,(H,4,5). The summed E-state index contributed by atoms with van der Waals surface area (Å²) >= 11 is 0. The van der Waals surface area contributed by atoms with Crippen LogP contribution in [0.15, 0.2) is 38.0 Å². The molecule has 24 heavy (non-hydrogen) atoms. The van der Waals surface area contributed by atoms with Crippen LogP contribution in [0.3, 0.4) is 0 Å². The first kappa shape index (κ1) is 29.5. The highest BCUT2D eigenvalue weighted by molar-refractivity contribution is 5.79. The monoisotopic (exact) mass is 352 g/mol. The molecule has 6 N–H and O–H groups in total. The van der Waals surface area contributed by atoms with Crippen molar-refractivity contribution < 1.29 is 49.8 Å². The van der Waals surface area contributed by atoms with E-state index in [1.807, 2.05) is 0 Å². The number of ether oxygens (including phenoxy) is 1. The van der Waals surface area contributed by atoms with Crippen molar-refractivity contribution in [3.8, 4) is 0 Å². The molecular weight excluding hydrogens is 328 g/mol. The van der Waals surface area contributed by atoms with Crippen molar-refractivity contribution in [1.29, 1.82) is 0 Å². The minimum Gasteiger partial charge on any atom is -0.478 e. The van der Waals surface area contributed by atoms with E-state index >= 15 is 0 Å². The van der Waals surface area contributed by atoms with Gasteiger partial charge in [0.1, 0.15) is 6.10 Å². The molecule has 0 aliphatic rings. The van der Waals surface area contributed by atoms with E-state index in [4.69, 9.17) is 30.6 Å². The Morgan fingerprint density at radius 1 is 0.917 bits per heavy atom. The van der Waals surface area contributed by atoms with Gasteiger partial charge in [-0.15, -0.1) is 0 Å². The molecule has 0 amide bonds. The molecule has 0 aromatic heterocycles. The molecule has 10 nitrogen and oxygen atoms in total. The second-order valence-electron chi connectivity index (χ2n) is 3.41. The third-order valence-corrected chi connectivity index (χ3v) is 1.49. The summed E-state index contributed by atoms with van der Waals surface area (Å²) in [5, 5.41) is 48.0. The van der Waals surface area contributed by atoms with Crippen LogP contribution >= 0.6 is 0 Å². The van der Waals surface area contributed by atoms with E-state index in [0.29, 0.717) is 6.61 Å². The molecule has 0 aromatic carbocycles. The van der Waals surface area contributed by atoms with Gasteiger partial charge in [0.25, 0.3) is 0 Å². The Hall–Kier alpha value is -2.53. The Balaban J connectivity index is -0.000000116. The first-order valence-electron chi connectivity index (χ1n) is 6.14. The van der Waals surface area contributed by atoms with Gasteiger partial charge in [-0.05, 0) is 13.8 Å². The molecule has 0 saturated heterocycles. The van der Waals surface area contributed by atoms with E-state index in [1.54, 1.807) is 6.92 Å². The van der Waals surface area contributed by atoms with Crippen molar-refractivity contribution in [2.45, 2.75) is 25.9 Å². The minimum absolute atomic E-state index is 0.338. The highest BCUT2D eigenvalue weighted by Crippen LogP contribution is 2.04. The summed E-state index contributed by atoms with van der Waals surface area (Å²) in [7, 11) is 0. The van der Waals surface area contributed by atoms with Gasteiger partial charge in [-0.3, -0.25) is 0 Å². The summed E-state index contributed by atoms with van der Waals surface area (Å²) in [6.07, 6.45) is 1.53. The van der Waals surface area contributed by atoms with E-state index in [9.17, 15) is 14.4 Å². The summed E-state index contributed by atoms with van der Waals surface area (Å²) in [5.41, 5.74) is 0. The molecule has 0 saturated carbocycles. The van der Waals surface area contributed by atoms with Gasteiger partial charge >= 0.3 is 23.9 Å². The molecule has 0 rings (SSSR count). The molecule has 0 aliphatic carbocycles. The zero-order valence-corrected chi connectivity index (χ0v) is 13.5. The van der Waals surface area contributed by atoms with Crippen LogP contribution in [-0.4, -0.2) is 67.2 Å². The maximum atomic E-state index is 9.25. The second-order valence-corrected chi connectivity index (χ2v) is 3.41. The van der Waals surface area contributed by atoms with E-state index in [0.717, 1.165) is 18.2 Å². The number of carbonyl (C=O) groups is 3. The van der Waals surface area contributed by atoms with Gasteiger partial charge < -0.3 is 35.4 Å². The predicted molar refractivity (Wildman–Crippen MR) is 84.0 cm³/mol. The molecule has 10 heteroatoms. The van der Waals surface area contributed by atoms with Gasteiger partial charge in [-0.25, -0.2) is 14.4 Å². The lowest BCUT2D eigenvalue weighted by molar-refractivity contribution is -0.357. The lowest BCUT2D eigenvalue weighted by Gasteiger charge is -2.21. The van der Waals surface area contributed by atoms with Crippen molar-refractivity contribution in [3.05, 3.63) is 38.0 Å². The van der Waals surface area contributed by atoms with Crippen molar-refractivity contribution in [1.82, 2.24) is 0 Å². The average molecular weight is 352 g/mol. The summed E-state index contributed by atoms with van der Waals surface area (Å²) < 4.78 is 4.66. The largest absolute Gasteiger partial charge is 0.478 e. The number of hydrogen-bond acceptors (Lipinski definition) is 7. The van der Waals surface area contributed by atoms with Gasteiger partial charge in [0.15, 0.2) is 0 Å². The Labute approximate surface area is 139 Å². The number of hydrogen-bond donors (Lipinski definition) is 6. The van der Waals surface area contributed by atoms with Crippen LogP contribution in [-0.2, 0) is 19.1 Å². The number of aliphatic carboxylic acids is 3. The first-order valence-corrected chi connectivity index (χ1v) is 6.14. The van der Waals surface area contributed by atoms with Crippen molar-refractivity contribution >= 4 is 17.9 Å². The third kappa shape index (κ3) is 42.7. The lowest BCUT2D eigenvalue weighted by Crippen LogP contribution is -2.41. The zero-order valence-electron chi connectivity index (χ0n) is 13.5. The molecule has 0 radical (unpaired) electrons. The fourth-order valence-corrected chi connectivity index (χ4v) is 0.362. The Morgan fingerprint density at radius 3 is 1.17 bits per heavy atom. The van der Waals surface area contributed by atoms with Gasteiger partial charge in [0, 0.05) is 24.8 Å². The smallest absolute Gasteiger partial charge is 0.327 e. The molecule has 0 heterocycles.